The van der Waals surface area contributed by atoms with E-state index < -0.39 is 31.2 Å². The molecular formula is C9H20N2O5S2. The highest BCUT2D eigenvalue weighted by atomic mass is 32.2. The van der Waals surface area contributed by atoms with Crippen molar-refractivity contribution in [1.82, 2.24) is 4.72 Å². The molecule has 0 amide bonds. The molecule has 0 aliphatic carbocycles. The van der Waals surface area contributed by atoms with Gasteiger partial charge >= 0.3 is 0 Å². The molecule has 0 radical (unpaired) electrons. The Morgan fingerprint density at radius 2 is 1.94 bits per heavy atom. The van der Waals surface area contributed by atoms with E-state index in [1.807, 2.05) is 0 Å². The summed E-state index contributed by atoms with van der Waals surface area (Å²) in [6.45, 7) is 0.332. The van der Waals surface area contributed by atoms with Gasteiger partial charge in [0.2, 0.25) is 10.0 Å². The molecule has 7 nitrogen and oxygen atoms in total. The molecule has 1 atom stereocenters. The van der Waals surface area contributed by atoms with Crippen LogP contribution in [0.3, 0.4) is 0 Å². The van der Waals surface area contributed by atoms with Gasteiger partial charge in [0.25, 0.3) is 0 Å². The highest BCUT2D eigenvalue weighted by molar-refractivity contribution is 7.92. The molecule has 3 N–H and O–H groups in total. The van der Waals surface area contributed by atoms with Crippen LogP contribution < -0.4 is 10.5 Å². The largest absolute Gasteiger partial charge is 0.383 e. The summed E-state index contributed by atoms with van der Waals surface area (Å²) in [7, 11) is -5.14. The van der Waals surface area contributed by atoms with E-state index in [1.54, 1.807) is 0 Å². The van der Waals surface area contributed by atoms with Crippen LogP contribution >= 0.6 is 0 Å². The number of hydrogen-bond donors (Lipinski definition) is 2. The Balaban J connectivity index is 2.64. The molecular weight excluding hydrogens is 280 g/mol. The van der Waals surface area contributed by atoms with Crippen LogP contribution in [0.5, 0.6) is 0 Å². The number of nitrogens with two attached hydrogens (primary N) is 1. The van der Waals surface area contributed by atoms with Crippen molar-refractivity contribution < 1.29 is 21.6 Å². The Hall–Kier alpha value is -0.220. The van der Waals surface area contributed by atoms with E-state index in [0.29, 0.717) is 0 Å². The topological polar surface area (TPSA) is 116 Å². The lowest BCUT2D eigenvalue weighted by Crippen LogP contribution is -2.48. The van der Waals surface area contributed by atoms with Crippen LogP contribution in [-0.2, 0) is 24.6 Å². The van der Waals surface area contributed by atoms with Crippen molar-refractivity contribution in [1.29, 1.82) is 0 Å². The van der Waals surface area contributed by atoms with Crippen molar-refractivity contribution >= 4 is 19.9 Å². The fourth-order valence-corrected chi connectivity index (χ4v) is 5.33. The predicted molar refractivity (Wildman–Crippen MR) is 68.4 cm³/mol. The normalized spacial score (nSPS) is 22.8. The smallest absolute Gasteiger partial charge is 0.214 e. The summed E-state index contributed by atoms with van der Waals surface area (Å²) < 4.78 is 53.9. The first kappa shape index (κ1) is 15.8. The number of sulfonamides is 1. The van der Waals surface area contributed by atoms with Crippen molar-refractivity contribution in [3.05, 3.63) is 0 Å². The van der Waals surface area contributed by atoms with Crippen LogP contribution in [0.4, 0.5) is 0 Å². The van der Waals surface area contributed by atoms with Crippen LogP contribution in [0, 0.1) is 0 Å². The molecule has 1 heterocycles. The van der Waals surface area contributed by atoms with E-state index in [4.69, 9.17) is 10.5 Å². The Labute approximate surface area is 108 Å². The average Bonchev–Trinajstić information content (AvgIpc) is 2.27. The fraction of sp³-hybridized carbons (Fsp3) is 1.00. The van der Waals surface area contributed by atoms with Crippen LogP contribution in [0.1, 0.15) is 12.8 Å². The van der Waals surface area contributed by atoms with Crippen LogP contribution in [0.15, 0.2) is 0 Å². The lowest BCUT2D eigenvalue weighted by Gasteiger charge is -2.25. The Kier molecular flexibility index (Phi) is 5.53. The lowest BCUT2D eigenvalue weighted by molar-refractivity contribution is 0.176. The number of hydrogen-bond acceptors (Lipinski definition) is 6. The molecule has 0 bridgehead atoms. The first-order valence-electron chi connectivity index (χ1n) is 5.71. The maximum Gasteiger partial charge on any atom is 0.214 e. The van der Waals surface area contributed by atoms with Crippen molar-refractivity contribution in [2.24, 2.45) is 5.73 Å². The lowest BCUT2D eigenvalue weighted by atomic mass is 10.2. The highest BCUT2D eigenvalue weighted by Gasteiger charge is 2.33. The van der Waals surface area contributed by atoms with Gasteiger partial charge in [0, 0.05) is 13.7 Å². The summed E-state index contributed by atoms with van der Waals surface area (Å²) in [5.74, 6) is -0.147. The van der Waals surface area contributed by atoms with Crippen molar-refractivity contribution in [2.45, 2.75) is 24.1 Å². The summed E-state index contributed by atoms with van der Waals surface area (Å²) in [6.07, 6.45) is 0.282. The zero-order valence-corrected chi connectivity index (χ0v) is 12.0. The zero-order valence-electron chi connectivity index (χ0n) is 10.3. The Bertz CT molecular complexity index is 445. The van der Waals surface area contributed by atoms with Gasteiger partial charge in [0.05, 0.1) is 29.4 Å². The van der Waals surface area contributed by atoms with Gasteiger partial charge < -0.3 is 10.5 Å². The van der Waals surface area contributed by atoms with E-state index in [0.717, 1.165) is 0 Å². The molecule has 18 heavy (non-hydrogen) atoms. The molecule has 0 saturated carbocycles. The van der Waals surface area contributed by atoms with Gasteiger partial charge in [0.15, 0.2) is 0 Å². The molecule has 1 aliphatic rings. The third-order valence-corrected chi connectivity index (χ3v) is 6.65. The van der Waals surface area contributed by atoms with Gasteiger partial charge in [-0.25, -0.2) is 21.6 Å². The molecule has 1 unspecified atom stereocenters. The van der Waals surface area contributed by atoms with E-state index in [2.05, 4.69) is 4.72 Å². The summed E-state index contributed by atoms with van der Waals surface area (Å²) in [4.78, 5) is 0. The molecule has 9 heteroatoms. The number of nitrogens with one attached hydrogen (secondary N) is 1. The van der Waals surface area contributed by atoms with E-state index in [9.17, 15) is 16.8 Å². The van der Waals surface area contributed by atoms with Gasteiger partial charge in [0.1, 0.15) is 9.84 Å². The summed E-state index contributed by atoms with van der Waals surface area (Å²) in [5.41, 5.74) is 5.44. The second kappa shape index (κ2) is 6.29. The van der Waals surface area contributed by atoms with Gasteiger partial charge in [-0.15, -0.1) is 0 Å². The molecule has 0 aromatic rings. The highest BCUT2D eigenvalue weighted by Crippen LogP contribution is 2.18. The molecule has 1 aliphatic heterocycles. The summed E-state index contributed by atoms with van der Waals surface area (Å²) >= 11 is 0. The summed E-state index contributed by atoms with van der Waals surface area (Å²) in [6, 6.07) is -0.474. The number of methoxy groups -OCH3 is 1. The third kappa shape index (κ3) is 4.47. The first-order valence-corrected chi connectivity index (χ1v) is 9.08. The molecule has 108 valence electrons. The molecule has 0 aromatic carbocycles. The minimum absolute atomic E-state index is 0.0733. The van der Waals surface area contributed by atoms with Gasteiger partial charge in [-0.2, -0.15) is 0 Å². The maximum atomic E-state index is 12.0. The average molecular weight is 300 g/mol. The van der Waals surface area contributed by atoms with Crippen LogP contribution in [0.25, 0.3) is 0 Å². The first-order chi connectivity index (χ1) is 8.30. The quantitative estimate of drug-likeness (QED) is 0.614. The van der Waals surface area contributed by atoms with E-state index in [-0.39, 0.29) is 37.5 Å². The molecule has 1 rings (SSSR count). The standard InChI is InChI=1S/C9H20N2O5S2/c1-16-7-8(6-10)11-18(14,15)9-2-4-17(12,13)5-3-9/h8-9,11H,2-7,10H2,1H3. The monoisotopic (exact) mass is 300 g/mol. The Morgan fingerprint density at radius 3 is 2.39 bits per heavy atom. The number of sulfone groups is 1. The van der Waals surface area contributed by atoms with Crippen molar-refractivity contribution in [3.63, 3.8) is 0 Å². The van der Waals surface area contributed by atoms with Gasteiger partial charge in [-0.3, -0.25) is 0 Å². The van der Waals surface area contributed by atoms with Gasteiger partial charge in [-0.05, 0) is 12.8 Å². The van der Waals surface area contributed by atoms with Crippen molar-refractivity contribution in [3.8, 4) is 0 Å². The number of ether oxygens (including phenoxy) is 1. The minimum atomic E-state index is -3.54. The molecule has 0 aromatic heterocycles. The summed E-state index contributed by atoms with van der Waals surface area (Å²) in [5, 5.41) is -0.660. The predicted octanol–water partition coefficient (Wildman–Crippen LogP) is -1.54. The Morgan fingerprint density at radius 1 is 1.39 bits per heavy atom. The molecule has 1 saturated heterocycles. The minimum Gasteiger partial charge on any atom is -0.383 e. The van der Waals surface area contributed by atoms with Gasteiger partial charge in [-0.1, -0.05) is 0 Å². The number of rotatable bonds is 6. The third-order valence-electron chi connectivity index (χ3n) is 2.92. The SMILES string of the molecule is COCC(CN)NS(=O)(=O)C1CCS(=O)(=O)CC1. The van der Waals surface area contributed by atoms with E-state index >= 15 is 0 Å². The van der Waals surface area contributed by atoms with Crippen LogP contribution in [-0.4, -0.2) is 59.9 Å². The second-order valence-electron chi connectivity index (χ2n) is 4.40. The second-order valence-corrected chi connectivity index (χ2v) is 8.70. The maximum absolute atomic E-state index is 12.0. The molecule has 1 fully saturated rings. The van der Waals surface area contributed by atoms with Crippen molar-refractivity contribution in [2.75, 3.05) is 31.8 Å². The molecule has 0 spiro atoms. The fourth-order valence-electron chi connectivity index (χ4n) is 1.86. The zero-order chi connectivity index (χ0) is 13.8. The van der Waals surface area contributed by atoms with E-state index in [1.165, 1.54) is 7.11 Å². The van der Waals surface area contributed by atoms with Crippen LogP contribution in [0.2, 0.25) is 0 Å².